The van der Waals surface area contributed by atoms with Crippen molar-refractivity contribution < 1.29 is 13.9 Å². The van der Waals surface area contributed by atoms with Crippen molar-refractivity contribution in [3.63, 3.8) is 0 Å². The molecule has 136 valence electrons. The Hall–Kier alpha value is -1.87. The zero-order valence-corrected chi connectivity index (χ0v) is 16.2. The Balaban J connectivity index is 2.71. The Labute approximate surface area is 151 Å². The van der Waals surface area contributed by atoms with Crippen LogP contribution in [0.2, 0.25) is 0 Å². The van der Waals surface area contributed by atoms with Gasteiger partial charge in [-0.2, -0.15) is 0 Å². The van der Waals surface area contributed by atoms with E-state index in [1.807, 2.05) is 6.07 Å². The van der Waals surface area contributed by atoms with Crippen molar-refractivity contribution in [1.29, 1.82) is 0 Å². The van der Waals surface area contributed by atoms with Gasteiger partial charge < -0.3 is 9.47 Å². The molecule has 0 spiro atoms. The average molecular weight is 344 g/mol. The molecule has 0 saturated carbocycles. The van der Waals surface area contributed by atoms with Crippen molar-refractivity contribution in [2.75, 3.05) is 14.2 Å². The number of hydrogen-bond acceptors (Lipinski definition) is 2. The van der Waals surface area contributed by atoms with E-state index in [1.54, 1.807) is 26.4 Å². The van der Waals surface area contributed by atoms with Gasteiger partial charge in [0.25, 0.3) is 0 Å². The van der Waals surface area contributed by atoms with Crippen molar-refractivity contribution in [2.45, 2.75) is 46.6 Å². The van der Waals surface area contributed by atoms with Crippen LogP contribution in [0.15, 0.2) is 36.4 Å². The molecule has 2 rings (SSSR count). The summed E-state index contributed by atoms with van der Waals surface area (Å²) in [5, 5.41) is 0. The summed E-state index contributed by atoms with van der Waals surface area (Å²) in [6.07, 6.45) is 1.77. The molecule has 0 radical (unpaired) electrons. The van der Waals surface area contributed by atoms with Crippen molar-refractivity contribution in [1.82, 2.24) is 0 Å². The van der Waals surface area contributed by atoms with Gasteiger partial charge in [-0.3, -0.25) is 0 Å². The van der Waals surface area contributed by atoms with Crippen LogP contribution in [-0.2, 0) is 11.2 Å². The first-order valence-electron chi connectivity index (χ1n) is 8.87. The lowest BCUT2D eigenvalue weighted by Gasteiger charge is -2.34. The first-order valence-corrected chi connectivity index (χ1v) is 8.87. The Morgan fingerprint density at radius 2 is 1.72 bits per heavy atom. The minimum atomic E-state index is -0.254. The third kappa shape index (κ3) is 4.04. The van der Waals surface area contributed by atoms with Gasteiger partial charge in [0.15, 0.2) is 0 Å². The van der Waals surface area contributed by atoms with Gasteiger partial charge in [-0.15, -0.1) is 0 Å². The van der Waals surface area contributed by atoms with Crippen molar-refractivity contribution in [3.8, 4) is 16.9 Å². The van der Waals surface area contributed by atoms with Crippen LogP contribution in [0.1, 0.15) is 51.3 Å². The van der Waals surface area contributed by atoms with Crippen LogP contribution >= 0.6 is 0 Å². The number of ether oxygens (including phenoxy) is 2. The van der Waals surface area contributed by atoms with E-state index in [1.165, 1.54) is 11.6 Å². The lowest BCUT2D eigenvalue weighted by molar-refractivity contribution is 0.00327. The second-order valence-electron chi connectivity index (χ2n) is 7.08. The molecule has 0 saturated heterocycles. The second kappa shape index (κ2) is 8.01. The zero-order chi connectivity index (χ0) is 18.6. The number of halogens is 1. The molecule has 0 fully saturated rings. The summed E-state index contributed by atoms with van der Waals surface area (Å²) < 4.78 is 25.8. The number of hydrogen-bond donors (Lipinski definition) is 0. The van der Waals surface area contributed by atoms with E-state index in [0.29, 0.717) is 11.3 Å². The number of aryl methyl sites for hydroxylation is 1. The maximum Gasteiger partial charge on any atom is 0.131 e. The van der Waals surface area contributed by atoms with E-state index in [-0.39, 0.29) is 17.3 Å². The van der Waals surface area contributed by atoms with Crippen LogP contribution < -0.4 is 4.74 Å². The molecular formula is C22H29FO2. The van der Waals surface area contributed by atoms with Crippen molar-refractivity contribution in [2.24, 2.45) is 5.41 Å². The molecule has 0 aliphatic heterocycles. The minimum Gasteiger partial charge on any atom is -0.497 e. The van der Waals surface area contributed by atoms with E-state index >= 15 is 0 Å². The average Bonchev–Trinajstić information content (AvgIpc) is 2.62. The Morgan fingerprint density at radius 3 is 2.28 bits per heavy atom. The third-order valence-corrected chi connectivity index (χ3v) is 5.13. The monoisotopic (exact) mass is 344 g/mol. The molecule has 1 atom stereocenters. The maximum absolute atomic E-state index is 14.6. The van der Waals surface area contributed by atoms with Gasteiger partial charge in [-0.25, -0.2) is 4.39 Å². The largest absolute Gasteiger partial charge is 0.497 e. The summed E-state index contributed by atoms with van der Waals surface area (Å²) in [6.45, 7) is 8.65. The quantitative estimate of drug-likeness (QED) is 0.596. The minimum absolute atomic E-state index is 0.0643. The normalized spacial score (nSPS) is 12.9. The van der Waals surface area contributed by atoms with Crippen LogP contribution in [0.25, 0.3) is 11.1 Å². The predicted molar refractivity (Wildman–Crippen MR) is 102 cm³/mol. The molecule has 0 unspecified atom stereocenters. The molecule has 0 aliphatic carbocycles. The molecule has 0 heterocycles. The lowest BCUT2D eigenvalue weighted by Crippen LogP contribution is -2.23. The molecule has 0 bridgehead atoms. The van der Waals surface area contributed by atoms with Crippen molar-refractivity contribution in [3.05, 3.63) is 53.3 Å². The fourth-order valence-electron chi connectivity index (χ4n) is 3.18. The van der Waals surface area contributed by atoms with Gasteiger partial charge in [0.1, 0.15) is 11.6 Å². The highest BCUT2D eigenvalue weighted by Crippen LogP contribution is 2.43. The molecule has 0 aliphatic rings. The summed E-state index contributed by atoms with van der Waals surface area (Å²) in [4.78, 5) is 0. The van der Waals surface area contributed by atoms with Gasteiger partial charge in [0.2, 0.25) is 0 Å². The molecular weight excluding hydrogens is 315 g/mol. The fraction of sp³-hybridized carbons (Fsp3) is 0.455. The highest BCUT2D eigenvalue weighted by Gasteiger charge is 2.31. The summed E-state index contributed by atoms with van der Waals surface area (Å²) in [5.41, 5.74) is 3.59. The van der Waals surface area contributed by atoms with Crippen LogP contribution in [0.3, 0.4) is 0 Å². The van der Waals surface area contributed by atoms with Crippen LogP contribution in [0.4, 0.5) is 4.39 Å². The van der Waals surface area contributed by atoms with E-state index in [9.17, 15) is 4.39 Å². The highest BCUT2D eigenvalue weighted by atomic mass is 19.1. The smallest absolute Gasteiger partial charge is 0.131 e. The fourth-order valence-corrected chi connectivity index (χ4v) is 3.18. The van der Waals surface area contributed by atoms with Crippen LogP contribution in [-0.4, -0.2) is 14.2 Å². The molecule has 2 aromatic rings. The molecule has 2 nitrogen and oxygen atoms in total. The van der Waals surface area contributed by atoms with Gasteiger partial charge in [0.05, 0.1) is 13.2 Å². The summed E-state index contributed by atoms with van der Waals surface area (Å²) >= 11 is 0. The lowest BCUT2D eigenvalue weighted by atomic mass is 9.77. The first-order chi connectivity index (χ1) is 11.9. The summed E-state index contributed by atoms with van der Waals surface area (Å²) in [7, 11) is 3.32. The topological polar surface area (TPSA) is 18.5 Å². The van der Waals surface area contributed by atoms with Gasteiger partial charge in [0, 0.05) is 12.7 Å². The number of methoxy groups -OCH3 is 2. The Morgan fingerprint density at radius 1 is 1.00 bits per heavy atom. The molecule has 0 amide bonds. The molecule has 25 heavy (non-hydrogen) atoms. The number of rotatable bonds is 7. The van der Waals surface area contributed by atoms with E-state index in [2.05, 4.69) is 39.8 Å². The highest BCUT2D eigenvalue weighted by molar-refractivity contribution is 5.70. The second-order valence-corrected chi connectivity index (χ2v) is 7.08. The third-order valence-electron chi connectivity index (χ3n) is 5.13. The molecule has 0 N–H and O–H groups in total. The summed E-state index contributed by atoms with van der Waals surface area (Å²) in [5.74, 6) is 0.390. The zero-order valence-electron chi connectivity index (χ0n) is 16.2. The molecule has 2 aromatic carbocycles. The Bertz CT molecular complexity index is 722. The van der Waals surface area contributed by atoms with Crippen LogP contribution in [0.5, 0.6) is 5.75 Å². The molecule has 0 aromatic heterocycles. The van der Waals surface area contributed by atoms with E-state index < -0.39 is 0 Å². The first kappa shape index (κ1) is 19.5. The van der Waals surface area contributed by atoms with Gasteiger partial charge >= 0.3 is 0 Å². The predicted octanol–water partition coefficient (Wildman–Crippen LogP) is 6.19. The standard InChI is InChI=1S/C22H29FO2/c1-7-15-9-11-17(18-14-16(24-5)10-12-20(18)23)19(13-15)21(25-6)22(3,4)8-2/h9-14,21H,7-8H2,1-6H3/t21-/m0/s1. The SMILES string of the molecule is CCc1ccc(-c2cc(OC)ccc2F)c([C@H](OC)C(C)(C)CC)c1. The molecule has 3 heteroatoms. The maximum atomic E-state index is 14.6. The summed E-state index contributed by atoms with van der Waals surface area (Å²) in [6, 6.07) is 11.1. The van der Waals surface area contributed by atoms with Crippen molar-refractivity contribution >= 4 is 0 Å². The van der Waals surface area contributed by atoms with E-state index in [4.69, 9.17) is 9.47 Å². The van der Waals surface area contributed by atoms with Crippen LogP contribution in [0, 0.1) is 11.2 Å². The number of benzene rings is 2. The Kier molecular flexibility index (Phi) is 6.23. The van der Waals surface area contributed by atoms with Gasteiger partial charge in [-0.1, -0.05) is 45.9 Å². The van der Waals surface area contributed by atoms with Gasteiger partial charge in [-0.05, 0) is 53.1 Å². The van der Waals surface area contributed by atoms with E-state index in [0.717, 1.165) is 24.0 Å².